The Labute approximate surface area is 144 Å². The first kappa shape index (κ1) is 16.4. The predicted molar refractivity (Wildman–Crippen MR) is 94.0 cm³/mol. The molecule has 1 N–H and O–H groups in total. The monoisotopic (exact) mass is 336 g/mol. The predicted octanol–water partition coefficient (Wildman–Crippen LogP) is 3.28. The number of carbonyl (C=O) groups excluding carboxylic acids is 2. The van der Waals surface area contributed by atoms with Crippen molar-refractivity contribution in [1.82, 2.24) is 4.98 Å². The van der Waals surface area contributed by atoms with Crippen molar-refractivity contribution in [2.75, 3.05) is 19.5 Å². The molecule has 0 aliphatic carbocycles. The average Bonchev–Trinajstić information content (AvgIpc) is 2.66. The molecule has 0 saturated carbocycles. The molecule has 1 heterocycles. The Morgan fingerprint density at radius 2 is 1.80 bits per heavy atom. The number of hydrogen-bond donors (Lipinski definition) is 1. The molecule has 0 aliphatic rings. The van der Waals surface area contributed by atoms with Gasteiger partial charge in [-0.3, -0.25) is 4.79 Å². The molecule has 25 heavy (non-hydrogen) atoms. The van der Waals surface area contributed by atoms with Gasteiger partial charge in [-0.1, -0.05) is 18.2 Å². The average molecular weight is 336 g/mol. The number of nitrogens with zero attached hydrogens (tertiary/aromatic N) is 1. The SMILES string of the molecule is COC(=O)c1ccccc1NC(=O)c1ccc2cc(OC)ccc2n1. The van der Waals surface area contributed by atoms with E-state index in [0.717, 1.165) is 11.1 Å². The van der Waals surface area contributed by atoms with Crippen molar-refractivity contribution < 1.29 is 19.1 Å². The zero-order chi connectivity index (χ0) is 17.8. The van der Waals surface area contributed by atoms with Gasteiger partial charge in [0.25, 0.3) is 5.91 Å². The maximum atomic E-state index is 12.5. The van der Waals surface area contributed by atoms with Crippen molar-refractivity contribution in [2.24, 2.45) is 0 Å². The summed E-state index contributed by atoms with van der Waals surface area (Å²) in [5, 5.41) is 3.57. The van der Waals surface area contributed by atoms with Crippen molar-refractivity contribution in [2.45, 2.75) is 0 Å². The third-order valence-electron chi connectivity index (χ3n) is 3.71. The number of fused-ring (bicyclic) bond motifs is 1. The Balaban J connectivity index is 1.89. The Kier molecular flexibility index (Phi) is 4.61. The normalized spacial score (nSPS) is 10.3. The van der Waals surface area contributed by atoms with Crippen LogP contribution in [-0.4, -0.2) is 31.1 Å². The fourth-order valence-electron chi connectivity index (χ4n) is 2.42. The fraction of sp³-hybridized carbons (Fsp3) is 0.105. The zero-order valence-corrected chi connectivity index (χ0v) is 13.8. The first-order valence-corrected chi connectivity index (χ1v) is 7.56. The summed E-state index contributed by atoms with van der Waals surface area (Å²) in [4.78, 5) is 28.6. The second-order valence-electron chi connectivity index (χ2n) is 5.25. The summed E-state index contributed by atoms with van der Waals surface area (Å²) < 4.78 is 9.90. The number of aromatic nitrogens is 1. The largest absolute Gasteiger partial charge is 0.497 e. The molecular formula is C19H16N2O4. The van der Waals surface area contributed by atoms with Gasteiger partial charge in [-0.05, 0) is 36.4 Å². The molecule has 0 unspecified atom stereocenters. The number of carbonyl (C=O) groups is 2. The molecule has 0 radical (unpaired) electrons. The third kappa shape index (κ3) is 3.42. The lowest BCUT2D eigenvalue weighted by molar-refractivity contribution is 0.0602. The molecule has 6 nitrogen and oxygen atoms in total. The lowest BCUT2D eigenvalue weighted by Crippen LogP contribution is -2.16. The van der Waals surface area contributed by atoms with Crippen LogP contribution in [0.15, 0.2) is 54.6 Å². The number of methoxy groups -OCH3 is 2. The standard InChI is InChI=1S/C19H16N2O4/c1-24-13-8-10-15-12(11-13)7-9-17(20-15)18(22)21-16-6-4-3-5-14(16)19(23)25-2/h3-11H,1-2H3,(H,21,22). The summed E-state index contributed by atoms with van der Waals surface area (Å²) in [6.07, 6.45) is 0. The van der Waals surface area contributed by atoms with Crippen molar-refractivity contribution in [3.8, 4) is 5.75 Å². The smallest absolute Gasteiger partial charge is 0.339 e. The van der Waals surface area contributed by atoms with E-state index in [1.54, 1.807) is 55.6 Å². The van der Waals surface area contributed by atoms with Crippen molar-refractivity contribution in [3.05, 3.63) is 65.9 Å². The van der Waals surface area contributed by atoms with Gasteiger partial charge in [-0.25, -0.2) is 9.78 Å². The molecule has 0 fully saturated rings. The summed E-state index contributed by atoms with van der Waals surface area (Å²) in [6.45, 7) is 0. The Morgan fingerprint density at radius 1 is 1.00 bits per heavy atom. The number of amides is 1. The Bertz CT molecular complexity index is 953. The minimum atomic E-state index is -0.519. The van der Waals surface area contributed by atoms with Gasteiger partial charge in [0.1, 0.15) is 11.4 Å². The van der Waals surface area contributed by atoms with Crippen LogP contribution in [0.5, 0.6) is 5.75 Å². The lowest BCUT2D eigenvalue weighted by Gasteiger charge is -2.10. The van der Waals surface area contributed by atoms with Crippen LogP contribution >= 0.6 is 0 Å². The zero-order valence-electron chi connectivity index (χ0n) is 13.8. The van der Waals surface area contributed by atoms with Crippen LogP contribution in [0.1, 0.15) is 20.8 Å². The minimum absolute atomic E-state index is 0.248. The first-order valence-electron chi connectivity index (χ1n) is 7.56. The van der Waals surface area contributed by atoms with Gasteiger partial charge >= 0.3 is 5.97 Å². The third-order valence-corrected chi connectivity index (χ3v) is 3.71. The molecule has 0 aliphatic heterocycles. The number of nitrogens with one attached hydrogen (secondary N) is 1. The van der Waals surface area contributed by atoms with E-state index in [-0.39, 0.29) is 11.3 Å². The second kappa shape index (κ2) is 7.00. The van der Waals surface area contributed by atoms with Crippen LogP contribution in [0.3, 0.4) is 0 Å². The quantitative estimate of drug-likeness (QED) is 0.740. The topological polar surface area (TPSA) is 77.5 Å². The van der Waals surface area contributed by atoms with Gasteiger partial charge in [-0.2, -0.15) is 0 Å². The van der Waals surface area contributed by atoms with Gasteiger partial charge in [0.2, 0.25) is 0 Å². The minimum Gasteiger partial charge on any atom is -0.497 e. The van der Waals surface area contributed by atoms with Gasteiger partial charge in [-0.15, -0.1) is 0 Å². The Hall–Kier alpha value is -3.41. The van der Waals surface area contributed by atoms with E-state index >= 15 is 0 Å². The summed E-state index contributed by atoms with van der Waals surface area (Å²) in [7, 11) is 2.88. The van der Waals surface area contributed by atoms with Crippen molar-refractivity contribution >= 4 is 28.5 Å². The number of pyridine rings is 1. The number of hydrogen-bond acceptors (Lipinski definition) is 5. The number of esters is 1. The molecule has 1 amide bonds. The highest BCUT2D eigenvalue weighted by Crippen LogP contribution is 2.21. The summed E-state index contributed by atoms with van der Waals surface area (Å²) in [6, 6.07) is 15.5. The van der Waals surface area contributed by atoms with E-state index in [2.05, 4.69) is 10.3 Å². The molecule has 2 aromatic carbocycles. The number of anilines is 1. The van der Waals surface area contributed by atoms with Crippen LogP contribution in [0.4, 0.5) is 5.69 Å². The van der Waals surface area contributed by atoms with Crippen LogP contribution in [-0.2, 0) is 4.74 Å². The molecule has 0 atom stereocenters. The van der Waals surface area contributed by atoms with Crippen molar-refractivity contribution in [1.29, 1.82) is 0 Å². The van der Waals surface area contributed by atoms with E-state index in [9.17, 15) is 9.59 Å². The maximum Gasteiger partial charge on any atom is 0.339 e. The number of para-hydroxylation sites is 1. The van der Waals surface area contributed by atoms with Crippen LogP contribution < -0.4 is 10.1 Å². The van der Waals surface area contributed by atoms with E-state index in [1.165, 1.54) is 7.11 Å². The molecule has 3 aromatic rings. The van der Waals surface area contributed by atoms with Crippen LogP contribution in [0.25, 0.3) is 10.9 Å². The molecular weight excluding hydrogens is 320 g/mol. The van der Waals surface area contributed by atoms with Gasteiger partial charge in [0, 0.05) is 5.39 Å². The second-order valence-corrected chi connectivity index (χ2v) is 5.25. The number of benzene rings is 2. The molecule has 1 aromatic heterocycles. The highest BCUT2D eigenvalue weighted by Gasteiger charge is 2.15. The van der Waals surface area contributed by atoms with Gasteiger partial charge in [0.05, 0.1) is 31.0 Å². The summed E-state index contributed by atoms with van der Waals surface area (Å²) in [5.74, 6) is -0.206. The van der Waals surface area contributed by atoms with Crippen LogP contribution in [0, 0.1) is 0 Å². The first-order chi connectivity index (χ1) is 12.1. The molecule has 3 rings (SSSR count). The Morgan fingerprint density at radius 3 is 2.56 bits per heavy atom. The molecule has 126 valence electrons. The summed E-state index contributed by atoms with van der Waals surface area (Å²) >= 11 is 0. The van der Waals surface area contributed by atoms with Crippen LogP contribution in [0.2, 0.25) is 0 Å². The van der Waals surface area contributed by atoms with E-state index in [0.29, 0.717) is 11.2 Å². The van der Waals surface area contributed by atoms with Crippen molar-refractivity contribution in [3.63, 3.8) is 0 Å². The highest BCUT2D eigenvalue weighted by molar-refractivity contribution is 6.07. The van der Waals surface area contributed by atoms with E-state index in [1.807, 2.05) is 6.07 Å². The number of ether oxygens (including phenoxy) is 2. The molecule has 0 saturated heterocycles. The molecule has 0 spiro atoms. The number of rotatable bonds is 4. The van der Waals surface area contributed by atoms with E-state index in [4.69, 9.17) is 9.47 Å². The van der Waals surface area contributed by atoms with Gasteiger partial charge < -0.3 is 14.8 Å². The van der Waals surface area contributed by atoms with E-state index < -0.39 is 11.9 Å². The molecule has 6 heteroatoms. The summed E-state index contributed by atoms with van der Waals surface area (Å²) in [5.41, 5.74) is 1.58. The maximum absolute atomic E-state index is 12.5. The lowest BCUT2D eigenvalue weighted by atomic mass is 10.1. The fourth-order valence-corrected chi connectivity index (χ4v) is 2.42. The highest BCUT2D eigenvalue weighted by atomic mass is 16.5. The molecule has 0 bridgehead atoms. The van der Waals surface area contributed by atoms with Gasteiger partial charge in [0.15, 0.2) is 0 Å².